The van der Waals surface area contributed by atoms with Gasteiger partial charge in [0.2, 0.25) is 0 Å². The Bertz CT molecular complexity index is 200. The molecule has 0 bridgehead atoms. The van der Waals surface area contributed by atoms with E-state index in [1.165, 1.54) is 32.6 Å². The molecule has 0 spiro atoms. The average molecular weight is 374 g/mol. The zero-order valence-corrected chi connectivity index (χ0v) is 15.1. The van der Waals surface area contributed by atoms with Crippen molar-refractivity contribution in [1.82, 2.24) is 0 Å². The van der Waals surface area contributed by atoms with Crippen LogP contribution in [0.1, 0.15) is 67.2 Å². The van der Waals surface area contributed by atoms with Crippen LogP contribution in [0.5, 0.6) is 0 Å². The average Bonchev–Trinajstić information content (AvgIpc) is 1.98. The van der Waals surface area contributed by atoms with Gasteiger partial charge in [-0.1, -0.05) is 58.5 Å². The molecule has 0 aliphatic carbocycles. The highest BCUT2D eigenvalue weighted by Crippen LogP contribution is 2.35. The predicted octanol–water partition coefficient (Wildman–Crippen LogP) is 5.42. The molecule has 0 aliphatic rings. The third-order valence-electron chi connectivity index (χ3n) is 1.68. The first-order valence-corrected chi connectivity index (χ1v) is 7.70. The van der Waals surface area contributed by atoms with Gasteiger partial charge in [-0.3, -0.25) is 4.79 Å². The van der Waals surface area contributed by atoms with E-state index in [1.807, 2.05) is 20.8 Å². The molecule has 0 aromatic carbocycles. The summed E-state index contributed by atoms with van der Waals surface area (Å²) in [6.07, 6.45) is 4.88. The molecule has 2 nitrogen and oxygen atoms in total. The zero-order chi connectivity index (χ0) is 14.1. The highest BCUT2D eigenvalue weighted by Gasteiger charge is 2.18. The Morgan fingerprint density at radius 1 is 1.06 bits per heavy atom. The highest BCUT2D eigenvalue weighted by atomic mass is 79.9. The van der Waals surface area contributed by atoms with Gasteiger partial charge >= 0.3 is 5.97 Å². The van der Waals surface area contributed by atoms with Gasteiger partial charge in [0.25, 0.3) is 0 Å². The number of carbonyl (C=O) groups is 1. The molecule has 0 amide bonds. The van der Waals surface area contributed by atoms with E-state index in [0.717, 1.165) is 0 Å². The fraction of sp³-hybridized carbons (Fsp3) is 0.923. The molecule has 0 N–H and O–H groups in total. The normalized spacial score (nSPS) is 11.5. The Kier molecular flexibility index (Phi) is 10.9. The van der Waals surface area contributed by atoms with Gasteiger partial charge in [-0.25, -0.2) is 0 Å². The molecule has 0 aliphatic heterocycles. The zero-order valence-electron chi connectivity index (χ0n) is 11.9. The van der Waals surface area contributed by atoms with Gasteiger partial charge in [0, 0.05) is 6.92 Å². The molecule has 0 aromatic heterocycles. The Labute approximate surface area is 123 Å². The monoisotopic (exact) mass is 372 g/mol. The molecular formula is C13H26Br2O2. The van der Waals surface area contributed by atoms with Crippen molar-refractivity contribution in [1.29, 1.82) is 0 Å². The number of hydrogen-bond acceptors (Lipinski definition) is 2. The lowest BCUT2D eigenvalue weighted by molar-refractivity contribution is -0.151. The third kappa shape index (κ3) is 19.0. The van der Waals surface area contributed by atoms with Crippen molar-refractivity contribution in [2.24, 2.45) is 0 Å². The number of ether oxygens (including phenoxy) is 1. The van der Waals surface area contributed by atoms with Gasteiger partial charge in [0.15, 0.2) is 0 Å². The number of halogens is 2. The van der Waals surface area contributed by atoms with Gasteiger partial charge in [-0.15, -0.1) is 0 Å². The van der Waals surface area contributed by atoms with Gasteiger partial charge in [-0.05, 0) is 33.6 Å². The fourth-order valence-electron chi connectivity index (χ4n) is 1.29. The maximum absolute atomic E-state index is 10.2. The van der Waals surface area contributed by atoms with E-state index in [4.69, 9.17) is 4.74 Å². The SMILES string of the molecule is CC(=O)OC(C)(C)C.CCCC(Br)(Br)CCC. The van der Waals surface area contributed by atoms with Crippen molar-refractivity contribution in [2.75, 3.05) is 0 Å². The lowest BCUT2D eigenvalue weighted by Gasteiger charge is -2.17. The van der Waals surface area contributed by atoms with E-state index < -0.39 is 0 Å². The first-order valence-electron chi connectivity index (χ1n) is 6.11. The lowest BCUT2D eigenvalue weighted by Crippen LogP contribution is -2.21. The molecule has 104 valence electrons. The van der Waals surface area contributed by atoms with Crippen LogP contribution in [0.25, 0.3) is 0 Å². The number of alkyl halides is 2. The number of rotatable bonds is 4. The summed E-state index contributed by atoms with van der Waals surface area (Å²) in [7, 11) is 0. The highest BCUT2D eigenvalue weighted by molar-refractivity contribution is 9.25. The summed E-state index contributed by atoms with van der Waals surface area (Å²) < 4.78 is 5.02. The van der Waals surface area contributed by atoms with Crippen molar-refractivity contribution in [3.05, 3.63) is 0 Å². The summed E-state index contributed by atoms with van der Waals surface area (Å²) in [6.45, 7) is 11.3. The van der Waals surface area contributed by atoms with Crippen LogP contribution in [0.15, 0.2) is 0 Å². The van der Waals surface area contributed by atoms with Crippen LogP contribution < -0.4 is 0 Å². The first-order chi connectivity index (χ1) is 7.54. The molecule has 0 rings (SSSR count). The van der Waals surface area contributed by atoms with Crippen molar-refractivity contribution >= 4 is 37.8 Å². The maximum atomic E-state index is 10.2. The Hall–Kier alpha value is 0.430. The van der Waals surface area contributed by atoms with Crippen LogP contribution in [0.3, 0.4) is 0 Å². The van der Waals surface area contributed by atoms with Crippen molar-refractivity contribution in [2.45, 2.75) is 76.1 Å². The molecule has 0 radical (unpaired) electrons. The van der Waals surface area contributed by atoms with Gasteiger partial charge < -0.3 is 4.74 Å². The van der Waals surface area contributed by atoms with E-state index in [9.17, 15) is 4.79 Å². The number of esters is 1. The minimum Gasteiger partial charge on any atom is -0.460 e. The second kappa shape index (κ2) is 9.37. The topological polar surface area (TPSA) is 26.3 Å². The minimum atomic E-state index is -0.328. The third-order valence-corrected chi connectivity index (χ3v) is 3.27. The Morgan fingerprint density at radius 3 is 1.53 bits per heavy atom. The fourth-order valence-corrected chi connectivity index (χ4v) is 2.87. The van der Waals surface area contributed by atoms with Crippen LogP contribution in [0.4, 0.5) is 0 Å². The summed E-state index contributed by atoms with van der Waals surface area (Å²) in [4.78, 5) is 10.2. The molecule has 0 fully saturated rings. The van der Waals surface area contributed by atoms with Crippen molar-refractivity contribution < 1.29 is 9.53 Å². The summed E-state index contributed by atoms with van der Waals surface area (Å²) in [6, 6.07) is 0. The number of carbonyl (C=O) groups excluding carboxylic acids is 1. The first kappa shape index (κ1) is 19.8. The van der Waals surface area contributed by atoms with E-state index in [-0.39, 0.29) is 14.8 Å². The smallest absolute Gasteiger partial charge is 0.303 e. The van der Waals surface area contributed by atoms with Gasteiger partial charge in [0.05, 0.1) is 3.23 Å². The van der Waals surface area contributed by atoms with Crippen molar-refractivity contribution in [3.8, 4) is 0 Å². The quantitative estimate of drug-likeness (QED) is 0.485. The molecule has 0 aromatic rings. The molecule has 0 heterocycles. The van der Waals surface area contributed by atoms with Crippen LogP contribution in [0, 0.1) is 0 Å². The molecule has 0 saturated carbocycles. The van der Waals surface area contributed by atoms with E-state index in [2.05, 4.69) is 45.7 Å². The van der Waals surface area contributed by atoms with Crippen molar-refractivity contribution in [3.63, 3.8) is 0 Å². The predicted molar refractivity (Wildman–Crippen MR) is 81.9 cm³/mol. The number of hydrogen-bond donors (Lipinski definition) is 0. The molecule has 0 unspecified atom stereocenters. The summed E-state index contributed by atoms with van der Waals surface area (Å²) in [5.74, 6) is -0.225. The summed E-state index contributed by atoms with van der Waals surface area (Å²) in [5, 5.41) is 0. The second-order valence-electron chi connectivity index (χ2n) is 5.06. The molecule has 0 saturated heterocycles. The summed E-state index contributed by atoms with van der Waals surface area (Å²) in [5.41, 5.74) is -0.328. The minimum absolute atomic E-state index is 0.225. The molecule has 17 heavy (non-hydrogen) atoms. The van der Waals surface area contributed by atoms with Gasteiger partial charge in [0.1, 0.15) is 5.60 Å². The molecule has 0 atom stereocenters. The van der Waals surface area contributed by atoms with Crippen LogP contribution in [0.2, 0.25) is 0 Å². The Morgan fingerprint density at radius 2 is 1.41 bits per heavy atom. The molecule has 4 heteroatoms. The largest absolute Gasteiger partial charge is 0.460 e. The second-order valence-corrected chi connectivity index (χ2v) is 9.16. The summed E-state index contributed by atoms with van der Waals surface area (Å²) >= 11 is 7.24. The van der Waals surface area contributed by atoms with Crippen LogP contribution in [-0.4, -0.2) is 14.8 Å². The van der Waals surface area contributed by atoms with E-state index in [0.29, 0.717) is 0 Å². The lowest BCUT2D eigenvalue weighted by atomic mass is 10.2. The van der Waals surface area contributed by atoms with Crippen LogP contribution in [-0.2, 0) is 9.53 Å². The van der Waals surface area contributed by atoms with E-state index in [1.54, 1.807) is 0 Å². The van der Waals surface area contributed by atoms with Gasteiger partial charge in [-0.2, -0.15) is 0 Å². The molecular weight excluding hydrogens is 348 g/mol. The van der Waals surface area contributed by atoms with E-state index >= 15 is 0 Å². The maximum Gasteiger partial charge on any atom is 0.303 e. The Balaban J connectivity index is 0. The standard InChI is InChI=1S/C7H14Br2.C6H12O2/c1-3-5-7(8,9)6-4-2;1-5(7)8-6(2,3)4/h3-6H2,1-2H3;1-4H3. The van der Waals surface area contributed by atoms with Crippen LogP contribution >= 0.6 is 31.9 Å².